The molecular formula is C20H25NO3. The van der Waals surface area contributed by atoms with Crippen LogP contribution in [-0.4, -0.2) is 49.5 Å². The summed E-state index contributed by atoms with van der Waals surface area (Å²) in [6.45, 7) is 7.31. The molecule has 4 nitrogen and oxygen atoms in total. The Morgan fingerprint density at radius 1 is 1.12 bits per heavy atom. The third-order valence-corrected chi connectivity index (χ3v) is 4.54. The zero-order chi connectivity index (χ0) is 16.8. The topological polar surface area (TPSA) is 41.9 Å². The van der Waals surface area contributed by atoms with Crippen molar-refractivity contribution in [2.75, 3.05) is 39.5 Å². The monoisotopic (exact) mass is 327 g/mol. The SMILES string of the molecule is Cc1c(CO)cccc1-c1cccc(OCCN2CCOCC2)c1. The molecule has 1 heterocycles. The van der Waals surface area contributed by atoms with Crippen LogP contribution in [0.4, 0.5) is 0 Å². The first-order valence-corrected chi connectivity index (χ1v) is 8.50. The zero-order valence-electron chi connectivity index (χ0n) is 14.2. The summed E-state index contributed by atoms with van der Waals surface area (Å²) in [4.78, 5) is 2.36. The number of aliphatic hydroxyl groups excluding tert-OH is 1. The van der Waals surface area contributed by atoms with Crippen molar-refractivity contribution in [1.29, 1.82) is 0 Å². The van der Waals surface area contributed by atoms with E-state index >= 15 is 0 Å². The molecule has 0 aromatic heterocycles. The van der Waals surface area contributed by atoms with Crippen LogP contribution in [0.5, 0.6) is 5.75 Å². The van der Waals surface area contributed by atoms with Gasteiger partial charge >= 0.3 is 0 Å². The average molecular weight is 327 g/mol. The van der Waals surface area contributed by atoms with E-state index in [1.165, 1.54) is 0 Å². The zero-order valence-corrected chi connectivity index (χ0v) is 14.2. The Bertz CT molecular complexity index is 666. The molecule has 0 unspecified atom stereocenters. The number of hydrogen-bond acceptors (Lipinski definition) is 4. The minimum Gasteiger partial charge on any atom is -0.492 e. The van der Waals surface area contributed by atoms with E-state index in [0.29, 0.717) is 6.61 Å². The molecule has 1 saturated heterocycles. The van der Waals surface area contributed by atoms with E-state index in [2.05, 4.69) is 23.1 Å². The maximum Gasteiger partial charge on any atom is 0.119 e. The highest BCUT2D eigenvalue weighted by molar-refractivity contribution is 5.69. The molecule has 0 bridgehead atoms. The Morgan fingerprint density at radius 3 is 2.71 bits per heavy atom. The summed E-state index contributed by atoms with van der Waals surface area (Å²) in [6.07, 6.45) is 0. The second-order valence-corrected chi connectivity index (χ2v) is 6.08. The highest BCUT2D eigenvalue weighted by atomic mass is 16.5. The van der Waals surface area contributed by atoms with E-state index in [4.69, 9.17) is 9.47 Å². The molecule has 0 radical (unpaired) electrons. The van der Waals surface area contributed by atoms with Crippen molar-refractivity contribution in [3.63, 3.8) is 0 Å². The molecule has 3 rings (SSSR count). The number of benzene rings is 2. The third kappa shape index (κ3) is 4.15. The van der Waals surface area contributed by atoms with Crippen LogP contribution in [0.1, 0.15) is 11.1 Å². The molecule has 1 fully saturated rings. The van der Waals surface area contributed by atoms with Crippen molar-refractivity contribution in [1.82, 2.24) is 4.90 Å². The minimum absolute atomic E-state index is 0.0649. The van der Waals surface area contributed by atoms with Crippen LogP contribution in [-0.2, 0) is 11.3 Å². The van der Waals surface area contributed by atoms with E-state index in [1.807, 2.05) is 31.2 Å². The molecule has 0 saturated carbocycles. The lowest BCUT2D eigenvalue weighted by Gasteiger charge is -2.26. The van der Waals surface area contributed by atoms with Gasteiger partial charge in [-0.3, -0.25) is 4.90 Å². The van der Waals surface area contributed by atoms with Crippen molar-refractivity contribution < 1.29 is 14.6 Å². The summed E-state index contributed by atoms with van der Waals surface area (Å²) in [7, 11) is 0. The summed E-state index contributed by atoms with van der Waals surface area (Å²) in [5, 5.41) is 9.45. The smallest absolute Gasteiger partial charge is 0.119 e. The summed E-state index contributed by atoms with van der Waals surface area (Å²) in [6, 6.07) is 14.2. The molecule has 1 aliphatic heterocycles. The molecule has 4 heteroatoms. The van der Waals surface area contributed by atoms with E-state index in [0.717, 1.165) is 60.9 Å². The Balaban J connectivity index is 1.66. The quantitative estimate of drug-likeness (QED) is 0.886. The lowest BCUT2D eigenvalue weighted by atomic mass is 9.96. The van der Waals surface area contributed by atoms with Crippen LogP contribution in [0, 0.1) is 6.92 Å². The van der Waals surface area contributed by atoms with E-state index in [1.54, 1.807) is 0 Å². The van der Waals surface area contributed by atoms with Crippen molar-refractivity contribution in [3.05, 3.63) is 53.6 Å². The number of ether oxygens (including phenoxy) is 2. The van der Waals surface area contributed by atoms with E-state index in [-0.39, 0.29) is 6.61 Å². The summed E-state index contributed by atoms with van der Waals surface area (Å²) in [5.41, 5.74) is 4.34. The maximum atomic E-state index is 9.45. The highest BCUT2D eigenvalue weighted by Gasteiger charge is 2.10. The van der Waals surface area contributed by atoms with E-state index in [9.17, 15) is 5.11 Å². The maximum absolute atomic E-state index is 9.45. The molecular weight excluding hydrogens is 302 g/mol. The van der Waals surface area contributed by atoms with Crippen LogP contribution in [0.15, 0.2) is 42.5 Å². The molecule has 0 amide bonds. The molecule has 2 aromatic carbocycles. The van der Waals surface area contributed by atoms with E-state index < -0.39 is 0 Å². The van der Waals surface area contributed by atoms with Gasteiger partial charge in [0, 0.05) is 19.6 Å². The number of rotatable bonds is 6. The summed E-state index contributed by atoms with van der Waals surface area (Å²) >= 11 is 0. The predicted molar refractivity (Wildman–Crippen MR) is 95.3 cm³/mol. The molecule has 2 aromatic rings. The minimum atomic E-state index is 0.0649. The molecule has 128 valence electrons. The second-order valence-electron chi connectivity index (χ2n) is 6.08. The second kappa shape index (κ2) is 8.29. The predicted octanol–water partition coefficient (Wildman–Crippen LogP) is 2.87. The van der Waals surface area contributed by atoms with Crippen molar-refractivity contribution in [3.8, 4) is 16.9 Å². The molecule has 1 aliphatic rings. The van der Waals surface area contributed by atoms with Gasteiger partial charge in [-0.1, -0.05) is 30.3 Å². The molecule has 1 N–H and O–H groups in total. The van der Waals surface area contributed by atoms with Crippen LogP contribution in [0.3, 0.4) is 0 Å². The first-order valence-electron chi connectivity index (χ1n) is 8.50. The fourth-order valence-corrected chi connectivity index (χ4v) is 3.04. The van der Waals surface area contributed by atoms with Crippen molar-refractivity contribution in [2.45, 2.75) is 13.5 Å². The van der Waals surface area contributed by atoms with Crippen molar-refractivity contribution >= 4 is 0 Å². The van der Waals surface area contributed by atoms with Gasteiger partial charge in [-0.25, -0.2) is 0 Å². The Labute approximate surface area is 143 Å². The first-order chi connectivity index (χ1) is 11.8. The van der Waals surface area contributed by atoms with Gasteiger partial charge in [0.15, 0.2) is 0 Å². The van der Waals surface area contributed by atoms with Gasteiger partial charge < -0.3 is 14.6 Å². The third-order valence-electron chi connectivity index (χ3n) is 4.54. The van der Waals surface area contributed by atoms with Crippen molar-refractivity contribution in [2.24, 2.45) is 0 Å². The van der Waals surface area contributed by atoms with Gasteiger partial charge in [-0.05, 0) is 41.3 Å². The molecule has 0 atom stereocenters. The molecule has 0 spiro atoms. The number of nitrogens with zero attached hydrogens (tertiary/aromatic N) is 1. The number of aliphatic hydroxyl groups is 1. The van der Waals surface area contributed by atoms with Gasteiger partial charge in [0.25, 0.3) is 0 Å². The Kier molecular flexibility index (Phi) is 5.86. The van der Waals surface area contributed by atoms with Gasteiger partial charge in [0.2, 0.25) is 0 Å². The Hall–Kier alpha value is -1.88. The fraction of sp³-hybridized carbons (Fsp3) is 0.400. The summed E-state index contributed by atoms with van der Waals surface area (Å²) in [5.74, 6) is 0.884. The lowest BCUT2D eigenvalue weighted by molar-refractivity contribution is 0.0322. The van der Waals surface area contributed by atoms with Gasteiger partial charge in [0.05, 0.1) is 19.8 Å². The Morgan fingerprint density at radius 2 is 1.92 bits per heavy atom. The average Bonchev–Trinajstić information content (AvgIpc) is 2.63. The summed E-state index contributed by atoms with van der Waals surface area (Å²) < 4.78 is 11.3. The largest absolute Gasteiger partial charge is 0.492 e. The normalized spacial score (nSPS) is 15.4. The van der Waals surface area contributed by atoms with Crippen LogP contribution in [0.2, 0.25) is 0 Å². The number of morpholine rings is 1. The molecule has 24 heavy (non-hydrogen) atoms. The van der Waals surface area contributed by atoms with Gasteiger partial charge in [0.1, 0.15) is 12.4 Å². The van der Waals surface area contributed by atoms with Crippen LogP contribution >= 0.6 is 0 Å². The van der Waals surface area contributed by atoms with Gasteiger partial charge in [-0.15, -0.1) is 0 Å². The highest BCUT2D eigenvalue weighted by Crippen LogP contribution is 2.28. The van der Waals surface area contributed by atoms with Crippen LogP contribution < -0.4 is 4.74 Å². The van der Waals surface area contributed by atoms with Crippen LogP contribution in [0.25, 0.3) is 11.1 Å². The number of hydrogen-bond donors (Lipinski definition) is 1. The van der Waals surface area contributed by atoms with Gasteiger partial charge in [-0.2, -0.15) is 0 Å². The first kappa shape index (κ1) is 17.0. The molecule has 0 aliphatic carbocycles. The lowest BCUT2D eigenvalue weighted by Crippen LogP contribution is -2.38. The fourth-order valence-electron chi connectivity index (χ4n) is 3.04. The standard InChI is InChI=1S/C20H25NO3/c1-16-18(15-22)5-3-7-20(16)17-4-2-6-19(14-17)24-13-10-21-8-11-23-12-9-21/h2-7,14,22H,8-13,15H2,1H3.